The lowest BCUT2D eigenvalue weighted by atomic mass is 9.93. The zero-order valence-electron chi connectivity index (χ0n) is 15.5. The van der Waals surface area contributed by atoms with E-state index in [0.29, 0.717) is 23.6 Å². The number of ether oxygens (including phenoxy) is 1. The number of benzene rings is 1. The van der Waals surface area contributed by atoms with Crippen molar-refractivity contribution < 1.29 is 17.9 Å². The van der Waals surface area contributed by atoms with Crippen LogP contribution in [0.15, 0.2) is 75.5 Å². The highest BCUT2D eigenvalue weighted by Gasteiger charge is 2.34. The maximum Gasteiger partial charge on any atom is 0.419 e. The van der Waals surface area contributed by atoms with Gasteiger partial charge in [0.15, 0.2) is 0 Å². The van der Waals surface area contributed by atoms with E-state index in [1.165, 1.54) is 18.2 Å². The number of anilines is 1. The van der Waals surface area contributed by atoms with E-state index in [0.717, 1.165) is 28.6 Å². The molecule has 2 aliphatic heterocycles. The largest absolute Gasteiger partial charge is 0.488 e. The Morgan fingerprint density at radius 1 is 1.17 bits per heavy atom. The Morgan fingerprint density at radius 2 is 1.97 bits per heavy atom. The third-order valence-electron chi connectivity index (χ3n) is 4.59. The van der Waals surface area contributed by atoms with Gasteiger partial charge in [0.05, 0.1) is 23.5 Å². The Bertz CT molecular complexity index is 1100. The molecule has 0 unspecified atom stereocenters. The third kappa shape index (κ3) is 3.78. The molecule has 3 heterocycles. The van der Waals surface area contributed by atoms with Crippen LogP contribution in [0.3, 0.4) is 0 Å². The highest BCUT2D eigenvalue weighted by molar-refractivity contribution is 6.23. The first-order valence-corrected chi connectivity index (χ1v) is 8.88. The molecule has 2 aliphatic rings. The monoisotopic (exact) mass is 398 g/mol. The van der Waals surface area contributed by atoms with Crippen LogP contribution >= 0.6 is 0 Å². The number of hydrogen-bond donors (Lipinski definition) is 1. The number of aliphatic imine (C=N–C) groups is 2. The molecule has 0 amide bonds. The van der Waals surface area contributed by atoms with Gasteiger partial charge in [-0.2, -0.15) is 13.2 Å². The molecule has 2 N–H and O–H groups in total. The Morgan fingerprint density at radius 3 is 2.72 bits per heavy atom. The van der Waals surface area contributed by atoms with Crippen molar-refractivity contribution in [1.82, 2.24) is 4.98 Å². The quantitative estimate of drug-likeness (QED) is 0.838. The average molecular weight is 398 g/mol. The number of nitrogen functional groups attached to an aromatic ring is 1. The van der Waals surface area contributed by atoms with Gasteiger partial charge in [-0.3, -0.25) is 9.98 Å². The molecule has 0 spiro atoms. The summed E-state index contributed by atoms with van der Waals surface area (Å²) in [6.07, 6.45) is -1.05. The Balaban J connectivity index is 1.72. The fourth-order valence-electron chi connectivity index (χ4n) is 3.34. The van der Waals surface area contributed by atoms with E-state index in [9.17, 15) is 13.2 Å². The van der Waals surface area contributed by atoms with Gasteiger partial charge in [-0.25, -0.2) is 4.98 Å². The summed E-state index contributed by atoms with van der Waals surface area (Å²) in [5.41, 5.74) is 9.40. The molecule has 1 aromatic carbocycles. The Hall–Kier alpha value is -3.42. The van der Waals surface area contributed by atoms with Crippen LogP contribution in [0.4, 0.5) is 19.0 Å². The van der Waals surface area contributed by atoms with Gasteiger partial charge in [0.2, 0.25) is 0 Å². The van der Waals surface area contributed by atoms with Crippen LogP contribution in [0.1, 0.15) is 18.1 Å². The second kappa shape index (κ2) is 7.20. The average Bonchev–Trinajstić information content (AvgIpc) is 3.06. The standard InChI is InChI=1S/C21H17F3N4O/c1-12-8-14-15(11-29-18-5-3-2-4-16(18)21(22,23)24)20(27-10-17(14)28-12)13-6-7-26-19(25)9-13/h2-9H,10-11H2,1H3,(H2,25,26). The molecular formula is C21H17F3N4O. The van der Waals surface area contributed by atoms with Crippen LogP contribution in [0.2, 0.25) is 0 Å². The smallest absolute Gasteiger partial charge is 0.419 e. The van der Waals surface area contributed by atoms with Crippen molar-refractivity contribution in [3.8, 4) is 5.75 Å². The van der Waals surface area contributed by atoms with E-state index >= 15 is 0 Å². The highest BCUT2D eigenvalue weighted by atomic mass is 19.4. The number of nitrogens with zero attached hydrogens (tertiary/aromatic N) is 3. The molecule has 0 aliphatic carbocycles. The zero-order chi connectivity index (χ0) is 20.6. The van der Waals surface area contributed by atoms with Gasteiger partial charge in [0.1, 0.15) is 18.2 Å². The number of rotatable bonds is 4. The lowest BCUT2D eigenvalue weighted by Crippen LogP contribution is -2.24. The van der Waals surface area contributed by atoms with Crippen molar-refractivity contribution in [2.45, 2.75) is 13.1 Å². The Labute approximate surface area is 165 Å². The molecule has 0 atom stereocenters. The lowest BCUT2D eigenvalue weighted by Gasteiger charge is -2.21. The fraction of sp³-hybridized carbons (Fsp3) is 0.190. The predicted octanol–water partition coefficient (Wildman–Crippen LogP) is 4.22. The summed E-state index contributed by atoms with van der Waals surface area (Å²) in [5, 5.41) is 0. The van der Waals surface area contributed by atoms with Crippen LogP contribution in [0, 0.1) is 0 Å². The Kier molecular flexibility index (Phi) is 4.70. The van der Waals surface area contributed by atoms with Gasteiger partial charge in [-0.05, 0) is 37.3 Å². The molecule has 5 nitrogen and oxygen atoms in total. The van der Waals surface area contributed by atoms with E-state index in [1.54, 1.807) is 18.3 Å². The predicted molar refractivity (Wildman–Crippen MR) is 105 cm³/mol. The number of fused-ring (bicyclic) bond motifs is 1. The number of allylic oxidation sites excluding steroid dienone is 2. The van der Waals surface area contributed by atoms with Crippen LogP contribution in [0.5, 0.6) is 5.75 Å². The van der Waals surface area contributed by atoms with Crippen LogP contribution in [-0.2, 0) is 6.18 Å². The van der Waals surface area contributed by atoms with Gasteiger partial charge in [0, 0.05) is 28.6 Å². The highest BCUT2D eigenvalue weighted by Crippen LogP contribution is 2.36. The summed E-state index contributed by atoms with van der Waals surface area (Å²) in [4.78, 5) is 13.0. The van der Waals surface area contributed by atoms with E-state index < -0.39 is 11.7 Å². The first-order valence-electron chi connectivity index (χ1n) is 8.88. The van der Waals surface area contributed by atoms with Crippen LogP contribution in [-0.4, -0.2) is 29.6 Å². The number of alkyl halides is 3. The first kappa shape index (κ1) is 18.9. The van der Waals surface area contributed by atoms with Crippen molar-refractivity contribution in [1.29, 1.82) is 0 Å². The molecule has 0 saturated carbocycles. The third-order valence-corrected chi connectivity index (χ3v) is 4.59. The number of para-hydroxylation sites is 1. The summed E-state index contributed by atoms with van der Waals surface area (Å²) in [7, 11) is 0. The second-order valence-electron chi connectivity index (χ2n) is 6.65. The van der Waals surface area contributed by atoms with Crippen LogP contribution < -0.4 is 10.5 Å². The number of hydrogen-bond acceptors (Lipinski definition) is 5. The normalized spacial score (nSPS) is 16.2. The minimum Gasteiger partial charge on any atom is -0.488 e. The second-order valence-corrected chi connectivity index (χ2v) is 6.65. The minimum absolute atomic E-state index is 0.0910. The number of pyridine rings is 1. The van der Waals surface area contributed by atoms with Gasteiger partial charge < -0.3 is 10.5 Å². The zero-order valence-corrected chi connectivity index (χ0v) is 15.5. The van der Waals surface area contributed by atoms with Crippen molar-refractivity contribution in [3.05, 3.63) is 76.6 Å². The molecule has 1 aromatic heterocycles. The van der Waals surface area contributed by atoms with Gasteiger partial charge in [-0.1, -0.05) is 12.1 Å². The minimum atomic E-state index is -4.51. The lowest BCUT2D eigenvalue weighted by molar-refractivity contribution is -0.138. The molecule has 0 bridgehead atoms. The number of nitrogens with two attached hydrogens (primary N) is 1. The van der Waals surface area contributed by atoms with Crippen molar-refractivity contribution in [3.63, 3.8) is 0 Å². The summed E-state index contributed by atoms with van der Waals surface area (Å²) in [6, 6.07) is 8.58. The molecule has 0 fully saturated rings. The molecule has 8 heteroatoms. The molecule has 148 valence electrons. The summed E-state index contributed by atoms with van der Waals surface area (Å²) in [6.45, 7) is 2.15. The number of dihydropyridines is 1. The van der Waals surface area contributed by atoms with Crippen LogP contribution in [0.25, 0.3) is 0 Å². The SMILES string of the molecule is CC1=CC2=C(COc3ccccc3C(F)(F)F)C(c3ccnc(N)c3)=NCC2=N1. The van der Waals surface area contributed by atoms with Gasteiger partial charge in [0.25, 0.3) is 0 Å². The molecule has 29 heavy (non-hydrogen) atoms. The molecule has 2 aromatic rings. The fourth-order valence-corrected chi connectivity index (χ4v) is 3.34. The summed E-state index contributed by atoms with van der Waals surface area (Å²) < 4.78 is 45.5. The molecular weight excluding hydrogens is 381 g/mol. The molecule has 0 radical (unpaired) electrons. The van der Waals surface area contributed by atoms with E-state index in [2.05, 4.69) is 15.0 Å². The van der Waals surface area contributed by atoms with Crippen molar-refractivity contribution in [2.75, 3.05) is 18.9 Å². The van der Waals surface area contributed by atoms with Gasteiger partial charge >= 0.3 is 6.18 Å². The number of aromatic nitrogens is 1. The van der Waals surface area contributed by atoms with E-state index in [1.807, 2.05) is 13.0 Å². The van der Waals surface area contributed by atoms with Gasteiger partial charge in [-0.15, -0.1) is 0 Å². The molecule has 0 saturated heterocycles. The van der Waals surface area contributed by atoms with Crippen molar-refractivity contribution in [2.24, 2.45) is 9.98 Å². The first-order chi connectivity index (χ1) is 13.8. The van der Waals surface area contributed by atoms with E-state index in [-0.39, 0.29) is 12.4 Å². The topological polar surface area (TPSA) is 72.9 Å². The molecule has 4 rings (SSSR count). The summed E-state index contributed by atoms with van der Waals surface area (Å²) in [5.74, 6) is 0.0972. The summed E-state index contributed by atoms with van der Waals surface area (Å²) >= 11 is 0. The number of halogens is 3. The van der Waals surface area contributed by atoms with E-state index in [4.69, 9.17) is 10.5 Å². The maximum atomic E-state index is 13.3. The maximum absolute atomic E-state index is 13.3. The van der Waals surface area contributed by atoms with Crippen molar-refractivity contribution >= 4 is 17.2 Å².